The number of nitrogens with zero attached hydrogens (tertiary/aromatic N) is 5. The number of pyridine rings is 3. The molecule has 0 aromatic carbocycles. The van der Waals surface area contributed by atoms with Gasteiger partial charge in [0.1, 0.15) is 6.10 Å². The summed E-state index contributed by atoms with van der Waals surface area (Å²) in [4.78, 5) is 31.3. The van der Waals surface area contributed by atoms with E-state index < -0.39 is 18.0 Å². The molecule has 47 heavy (non-hydrogen) atoms. The fourth-order valence-corrected chi connectivity index (χ4v) is 6.58. The van der Waals surface area contributed by atoms with Crippen molar-refractivity contribution < 1.29 is 32.2 Å². The molecule has 6 rings (SSSR count). The summed E-state index contributed by atoms with van der Waals surface area (Å²) in [7, 11) is 2.03. The molecular formula is C34H41F3N6O4. The van der Waals surface area contributed by atoms with Crippen LogP contribution in [0.15, 0.2) is 42.6 Å². The smallest absolute Gasteiger partial charge is 0.437 e. The third kappa shape index (κ3) is 7.55. The fraction of sp³-hybridized carbons (Fsp3) is 0.529. The number of anilines is 1. The molecule has 13 heteroatoms. The molecule has 0 radical (unpaired) electrons. The monoisotopic (exact) mass is 654 g/mol. The van der Waals surface area contributed by atoms with Gasteiger partial charge in [-0.3, -0.25) is 4.79 Å². The van der Waals surface area contributed by atoms with Crippen LogP contribution in [-0.4, -0.2) is 83.8 Å². The molecule has 2 aliphatic heterocycles. The van der Waals surface area contributed by atoms with E-state index in [4.69, 9.17) is 19.2 Å². The van der Waals surface area contributed by atoms with Crippen molar-refractivity contribution in [3.05, 3.63) is 54.0 Å². The third-order valence-corrected chi connectivity index (χ3v) is 8.90. The Balaban J connectivity index is 1.30. The average molecular weight is 655 g/mol. The molecule has 3 atom stereocenters. The summed E-state index contributed by atoms with van der Waals surface area (Å²) in [6, 6.07) is 10.1. The van der Waals surface area contributed by atoms with Gasteiger partial charge >= 0.3 is 6.18 Å². The van der Waals surface area contributed by atoms with E-state index in [-0.39, 0.29) is 36.2 Å². The number of piperidine rings is 1. The summed E-state index contributed by atoms with van der Waals surface area (Å²) in [6.45, 7) is 6.35. The van der Waals surface area contributed by atoms with Gasteiger partial charge in [0.15, 0.2) is 17.1 Å². The topological polar surface area (TPSA) is 102 Å². The van der Waals surface area contributed by atoms with E-state index in [9.17, 15) is 18.0 Å². The molecule has 1 saturated carbocycles. The Morgan fingerprint density at radius 2 is 1.81 bits per heavy atom. The van der Waals surface area contributed by atoms with Gasteiger partial charge in [-0.05, 0) is 83.0 Å². The normalized spacial score (nSPS) is 21.8. The van der Waals surface area contributed by atoms with Gasteiger partial charge in [-0.25, -0.2) is 15.0 Å². The second-order valence-corrected chi connectivity index (χ2v) is 12.4. The molecule has 0 bridgehead atoms. The molecule has 10 nitrogen and oxygen atoms in total. The number of ether oxygens (including phenoxy) is 3. The molecule has 1 N–H and O–H groups in total. The first kappa shape index (κ1) is 32.8. The second kappa shape index (κ2) is 13.9. The van der Waals surface area contributed by atoms with E-state index in [1.165, 1.54) is 12.1 Å². The van der Waals surface area contributed by atoms with Crippen molar-refractivity contribution >= 4 is 11.6 Å². The summed E-state index contributed by atoms with van der Waals surface area (Å²) in [6.07, 6.45) is 0.314. The first-order valence-electron chi connectivity index (χ1n) is 16.4. The molecule has 1 amide bonds. The van der Waals surface area contributed by atoms with Crippen molar-refractivity contribution in [2.75, 3.05) is 44.8 Å². The number of likely N-dealkylation sites (tertiary alicyclic amines) is 1. The quantitative estimate of drug-likeness (QED) is 0.283. The van der Waals surface area contributed by atoms with Crippen LogP contribution >= 0.6 is 0 Å². The average Bonchev–Trinajstić information content (AvgIpc) is 3.82. The number of carbonyl (C=O) groups excluding carboxylic acids is 1. The Labute approximate surface area is 272 Å². The summed E-state index contributed by atoms with van der Waals surface area (Å²) < 4.78 is 58.9. The number of halogens is 3. The van der Waals surface area contributed by atoms with Crippen LogP contribution in [0.25, 0.3) is 11.3 Å². The summed E-state index contributed by atoms with van der Waals surface area (Å²) in [5.74, 6) is 0.123. The van der Waals surface area contributed by atoms with Crippen LogP contribution < -0.4 is 24.4 Å². The third-order valence-electron chi connectivity index (χ3n) is 8.90. The molecule has 2 saturated heterocycles. The van der Waals surface area contributed by atoms with Gasteiger partial charge < -0.3 is 29.3 Å². The molecular weight excluding hydrogens is 613 g/mol. The van der Waals surface area contributed by atoms with Gasteiger partial charge in [0.2, 0.25) is 11.8 Å². The van der Waals surface area contributed by atoms with Crippen molar-refractivity contribution in [2.24, 2.45) is 5.92 Å². The van der Waals surface area contributed by atoms with Crippen molar-refractivity contribution in [1.82, 2.24) is 25.2 Å². The van der Waals surface area contributed by atoms with Gasteiger partial charge in [0.05, 0.1) is 30.2 Å². The minimum Gasteiger partial charge on any atom is -0.488 e. The lowest BCUT2D eigenvalue weighted by Crippen LogP contribution is -2.48. The lowest BCUT2D eigenvalue weighted by molar-refractivity contribution is -0.143. The largest absolute Gasteiger partial charge is 0.488 e. The number of aromatic nitrogens is 3. The van der Waals surface area contributed by atoms with E-state index in [1.807, 2.05) is 32.2 Å². The number of amides is 1. The number of carbonyl (C=O) groups is 1. The number of hydrogen-bond donors (Lipinski definition) is 1. The van der Waals surface area contributed by atoms with Gasteiger partial charge in [-0.2, -0.15) is 13.2 Å². The maximum atomic E-state index is 14.0. The Bertz CT molecular complexity index is 1570. The fourth-order valence-electron chi connectivity index (χ4n) is 6.58. The summed E-state index contributed by atoms with van der Waals surface area (Å²) in [5, 5.41) is 3.19. The van der Waals surface area contributed by atoms with Gasteiger partial charge in [0, 0.05) is 50.3 Å². The van der Waals surface area contributed by atoms with Crippen LogP contribution in [0.1, 0.15) is 62.1 Å². The van der Waals surface area contributed by atoms with E-state index in [0.29, 0.717) is 60.4 Å². The molecule has 0 unspecified atom stereocenters. The SMILES string of the molecule is CCOc1ccc(O[C@H]2CCN(c3ccc(-c4cccnc4OCC)nc3C(=O)N[C@@H]3CCN(C)C3)[C@@H](C3CC3)C2)c(C(F)(F)F)n1. The Morgan fingerprint density at radius 1 is 1.00 bits per heavy atom. The van der Waals surface area contributed by atoms with Gasteiger partial charge in [-0.15, -0.1) is 0 Å². The lowest BCUT2D eigenvalue weighted by Gasteiger charge is -2.42. The van der Waals surface area contributed by atoms with Gasteiger partial charge in [-0.1, -0.05) is 0 Å². The van der Waals surface area contributed by atoms with Crippen LogP contribution in [0.4, 0.5) is 18.9 Å². The molecule has 0 spiro atoms. The highest BCUT2D eigenvalue weighted by molar-refractivity contribution is 5.99. The highest BCUT2D eigenvalue weighted by atomic mass is 19.4. The van der Waals surface area contributed by atoms with E-state index in [2.05, 4.69) is 25.1 Å². The minimum atomic E-state index is -4.70. The highest BCUT2D eigenvalue weighted by Crippen LogP contribution is 2.44. The molecule has 3 aromatic heterocycles. The zero-order chi connectivity index (χ0) is 33.1. The predicted octanol–water partition coefficient (Wildman–Crippen LogP) is 5.62. The summed E-state index contributed by atoms with van der Waals surface area (Å²) in [5.41, 5.74) is 1.18. The number of nitrogens with one attached hydrogen (secondary N) is 1. The first-order valence-corrected chi connectivity index (χ1v) is 16.4. The minimum absolute atomic E-state index is 0.00658. The number of hydrogen-bond acceptors (Lipinski definition) is 9. The summed E-state index contributed by atoms with van der Waals surface area (Å²) >= 11 is 0. The number of rotatable bonds is 11. The maximum Gasteiger partial charge on any atom is 0.437 e. The Morgan fingerprint density at radius 3 is 2.51 bits per heavy atom. The van der Waals surface area contributed by atoms with E-state index >= 15 is 0 Å². The van der Waals surface area contributed by atoms with Crippen molar-refractivity contribution in [3.63, 3.8) is 0 Å². The van der Waals surface area contributed by atoms with E-state index in [1.54, 1.807) is 19.2 Å². The van der Waals surface area contributed by atoms with E-state index in [0.717, 1.165) is 32.4 Å². The lowest BCUT2D eigenvalue weighted by atomic mass is 9.94. The van der Waals surface area contributed by atoms with Crippen LogP contribution in [0.5, 0.6) is 17.5 Å². The molecule has 3 fully saturated rings. The first-order chi connectivity index (χ1) is 22.6. The Hall–Kier alpha value is -4.13. The zero-order valence-electron chi connectivity index (χ0n) is 26.9. The standard InChI is InChI=1S/C34H41F3N6O4/c1-4-45-29-13-12-28(31(41-29)34(35,36)37)47-23-15-18-43(27(19-23)21-8-9-21)26-11-10-25(24-7-6-16-38-33(24)46-5-2)40-30(26)32(44)39-22-14-17-42(3)20-22/h6-7,10-13,16,21-23,27H,4-5,8-9,14-15,17-20H2,1-3H3,(H,39,44)/t22-,23+,27-/m1/s1. The predicted molar refractivity (Wildman–Crippen MR) is 170 cm³/mol. The number of likely N-dealkylation sites (N-methyl/N-ethyl adjacent to an activating group) is 1. The van der Waals surface area contributed by atoms with Crippen molar-refractivity contribution in [3.8, 4) is 28.8 Å². The second-order valence-electron chi connectivity index (χ2n) is 12.4. The van der Waals surface area contributed by atoms with Crippen LogP contribution in [0.3, 0.4) is 0 Å². The van der Waals surface area contributed by atoms with Gasteiger partial charge in [0.25, 0.3) is 5.91 Å². The zero-order valence-corrected chi connectivity index (χ0v) is 26.9. The van der Waals surface area contributed by atoms with Crippen molar-refractivity contribution in [2.45, 2.75) is 70.3 Å². The Kier molecular flexibility index (Phi) is 9.72. The molecule has 1 aliphatic carbocycles. The molecule has 5 heterocycles. The van der Waals surface area contributed by atoms with Crippen LogP contribution in [0.2, 0.25) is 0 Å². The molecule has 3 aliphatic rings. The van der Waals surface area contributed by atoms with Crippen molar-refractivity contribution in [1.29, 1.82) is 0 Å². The maximum absolute atomic E-state index is 14.0. The number of alkyl halides is 3. The highest BCUT2D eigenvalue weighted by Gasteiger charge is 2.43. The molecule has 252 valence electrons. The van der Waals surface area contributed by atoms with Crippen LogP contribution in [-0.2, 0) is 6.18 Å². The van der Waals surface area contributed by atoms with Crippen LogP contribution in [0, 0.1) is 5.92 Å². The molecule has 3 aromatic rings.